The molecule has 2 rings (SSSR count). The summed E-state index contributed by atoms with van der Waals surface area (Å²) in [6.07, 6.45) is 2.68. The lowest BCUT2D eigenvalue weighted by Crippen LogP contribution is -2.46. The Kier molecular flexibility index (Phi) is 5.07. The molecule has 20 heavy (non-hydrogen) atoms. The Balaban J connectivity index is 2.12. The first-order chi connectivity index (χ1) is 9.74. The minimum Gasteiger partial charge on any atom is -0.394 e. The van der Waals surface area contributed by atoms with Gasteiger partial charge in [-0.05, 0) is 6.07 Å². The first kappa shape index (κ1) is 14.5. The highest BCUT2D eigenvalue weighted by atomic mass is 16.5. The van der Waals surface area contributed by atoms with E-state index in [1.54, 1.807) is 11.0 Å². The summed E-state index contributed by atoms with van der Waals surface area (Å²) >= 11 is 0. The zero-order chi connectivity index (χ0) is 14.4. The molecule has 1 fully saturated rings. The first-order valence-electron chi connectivity index (χ1n) is 6.31. The summed E-state index contributed by atoms with van der Waals surface area (Å²) in [5.41, 5.74) is 1.02. The number of carbonyl (C=O) groups excluding carboxylic acids is 1. The Bertz CT molecular complexity index is 535. The van der Waals surface area contributed by atoms with E-state index in [-0.39, 0.29) is 25.2 Å². The van der Waals surface area contributed by atoms with E-state index < -0.39 is 0 Å². The van der Waals surface area contributed by atoms with Crippen LogP contribution in [0.25, 0.3) is 0 Å². The van der Waals surface area contributed by atoms with Crippen LogP contribution in [0.4, 0.5) is 0 Å². The predicted octanol–water partition coefficient (Wildman–Crippen LogP) is -0.741. The highest BCUT2D eigenvalue weighted by Crippen LogP contribution is 2.11. The molecule has 106 valence electrons. The molecule has 0 aliphatic carbocycles. The summed E-state index contributed by atoms with van der Waals surface area (Å²) in [5, 5.41) is 17.7. The van der Waals surface area contributed by atoms with Gasteiger partial charge in [0.1, 0.15) is 6.61 Å². The van der Waals surface area contributed by atoms with E-state index in [0.717, 1.165) is 0 Å². The molecule has 2 heterocycles. The smallest absolute Gasteiger partial charge is 0.255 e. The number of aromatic nitrogens is 1. The molecule has 1 aliphatic heterocycles. The van der Waals surface area contributed by atoms with Gasteiger partial charge in [-0.3, -0.25) is 9.78 Å². The number of amides is 1. The van der Waals surface area contributed by atoms with Gasteiger partial charge in [-0.2, -0.15) is 0 Å². The summed E-state index contributed by atoms with van der Waals surface area (Å²) in [6, 6.07) is 1.64. The maximum absolute atomic E-state index is 12.3. The SMILES string of the molecule is O=C(c1cncc(C#CCO)c1)N1CCOC(CO)C1. The van der Waals surface area contributed by atoms with E-state index in [2.05, 4.69) is 16.8 Å². The fourth-order valence-corrected chi connectivity index (χ4v) is 1.96. The molecule has 0 bridgehead atoms. The quantitative estimate of drug-likeness (QED) is 0.695. The van der Waals surface area contributed by atoms with Crippen molar-refractivity contribution in [2.45, 2.75) is 6.10 Å². The summed E-state index contributed by atoms with van der Waals surface area (Å²) < 4.78 is 5.31. The lowest BCUT2D eigenvalue weighted by molar-refractivity contribution is -0.0447. The van der Waals surface area contributed by atoms with E-state index in [0.29, 0.717) is 30.8 Å². The Morgan fingerprint density at radius 2 is 2.35 bits per heavy atom. The van der Waals surface area contributed by atoms with Gasteiger partial charge in [-0.25, -0.2) is 0 Å². The third-order valence-electron chi connectivity index (χ3n) is 2.93. The maximum Gasteiger partial charge on any atom is 0.255 e. The van der Waals surface area contributed by atoms with Crippen molar-refractivity contribution >= 4 is 5.91 Å². The van der Waals surface area contributed by atoms with Crippen LogP contribution in [0.1, 0.15) is 15.9 Å². The number of rotatable bonds is 2. The van der Waals surface area contributed by atoms with Gasteiger partial charge in [0.15, 0.2) is 0 Å². The Labute approximate surface area is 117 Å². The van der Waals surface area contributed by atoms with Crippen molar-refractivity contribution in [2.75, 3.05) is 32.9 Å². The molecule has 0 aromatic carbocycles. The van der Waals surface area contributed by atoms with Crippen molar-refractivity contribution in [1.82, 2.24) is 9.88 Å². The summed E-state index contributed by atoms with van der Waals surface area (Å²) in [5.74, 6) is 5.07. The molecule has 6 heteroatoms. The Morgan fingerprint density at radius 3 is 3.10 bits per heavy atom. The van der Waals surface area contributed by atoms with E-state index >= 15 is 0 Å². The third-order valence-corrected chi connectivity index (χ3v) is 2.93. The van der Waals surface area contributed by atoms with Gasteiger partial charge >= 0.3 is 0 Å². The van der Waals surface area contributed by atoms with E-state index in [1.807, 2.05) is 0 Å². The standard InChI is InChI=1S/C14H16N2O4/c17-4-1-2-11-6-12(8-15-7-11)14(19)16-3-5-20-13(9-16)10-18/h6-8,13,17-18H,3-5,9-10H2. The lowest BCUT2D eigenvalue weighted by atomic mass is 10.1. The van der Waals surface area contributed by atoms with Crippen molar-refractivity contribution in [3.8, 4) is 11.8 Å². The zero-order valence-corrected chi connectivity index (χ0v) is 11.0. The van der Waals surface area contributed by atoms with Gasteiger partial charge in [-0.1, -0.05) is 11.8 Å². The molecule has 2 N–H and O–H groups in total. The van der Waals surface area contributed by atoms with Crippen molar-refractivity contribution in [3.63, 3.8) is 0 Å². The monoisotopic (exact) mass is 276 g/mol. The Hall–Kier alpha value is -1.94. The van der Waals surface area contributed by atoms with Gasteiger partial charge in [0, 0.05) is 31.0 Å². The number of hydrogen-bond acceptors (Lipinski definition) is 5. The van der Waals surface area contributed by atoms with Crippen LogP contribution in [0.5, 0.6) is 0 Å². The Morgan fingerprint density at radius 1 is 1.50 bits per heavy atom. The molecular weight excluding hydrogens is 260 g/mol. The molecule has 6 nitrogen and oxygen atoms in total. The molecular formula is C14H16N2O4. The van der Waals surface area contributed by atoms with Crippen LogP contribution in [-0.4, -0.2) is 65.0 Å². The highest BCUT2D eigenvalue weighted by Gasteiger charge is 2.24. The van der Waals surface area contributed by atoms with E-state index in [1.165, 1.54) is 12.4 Å². The largest absolute Gasteiger partial charge is 0.394 e. The van der Waals surface area contributed by atoms with Crippen molar-refractivity contribution < 1.29 is 19.7 Å². The molecule has 0 saturated carbocycles. The predicted molar refractivity (Wildman–Crippen MR) is 70.9 cm³/mol. The van der Waals surface area contributed by atoms with E-state index in [9.17, 15) is 4.79 Å². The van der Waals surface area contributed by atoms with Gasteiger partial charge in [0.05, 0.1) is 24.9 Å². The number of morpholine rings is 1. The summed E-state index contributed by atoms with van der Waals surface area (Å²) in [7, 11) is 0. The van der Waals surface area contributed by atoms with Crippen LogP contribution in [0.2, 0.25) is 0 Å². The third kappa shape index (κ3) is 3.54. The number of ether oxygens (including phenoxy) is 1. The first-order valence-corrected chi connectivity index (χ1v) is 6.31. The second-order valence-electron chi connectivity index (χ2n) is 4.35. The zero-order valence-electron chi connectivity index (χ0n) is 11.0. The molecule has 0 spiro atoms. The van der Waals surface area contributed by atoms with Gasteiger partial charge in [-0.15, -0.1) is 0 Å². The molecule has 1 amide bonds. The highest BCUT2D eigenvalue weighted by molar-refractivity contribution is 5.94. The topological polar surface area (TPSA) is 82.9 Å². The van der Waals surface area contributed by atoms with Gasteiger partial charge in [0.25, 0.3) is 5.91 Å². The molecule has 1 aliphatic rings. The number of aliphatic hydroxyl groups is 2. The number of nitrogens with zero attached hydrogens (tertiary/aromatic N) is 2. The molecule has 1 aromatic heterocycles. The van der Waals surface area contributed by atoms with Crippen LogP contribution >= 0.6 is 0 Å². The van der Waals surface area contributed by atoms with Crippen molar-refractivity contribution in [1.29, 1.82) is 0 Å². The fraction of sp³-hybridized carbons (Fsp3) is 0.429. The average molecular weight is 276 g/mol. The van der Waals surface area contributed by atoms with Gasteiger partial charge < -0.3 is 19.8 Å². The van der Waals surface area contributed by atoms with Crippen molar-refractivity contribution in [3.05, 3.63) is 29.6 Å². The van der Waals surface area contributed by atoms with Crippen LogP contribution in [0.15, 0.2) is 18.5 Å². The second kappa shape index (κ2) is 7.01. The molecule has 1 saturated heterocycles. The summed E-state index contributed by atoms with van der Waals surface area (Å²) in [6.45, 7) is 0.919. The van der Waals surface area contributed by atoms with E-state index in [4.69, 9.17) is 14.9 Å². The number of carbonyl (C=O) groups is 1. The molecule has 1 unspecified atom stereocenters. The maximum atomic E-state index is 12.3. The molecule has 1 aromatic rings. The minimum absolute atomic E-state index is 0.107. The van der Waals surface area contributed by atoms with Crippen LogP contribution in [-0.2, 0) is 4.74 Å². The second-order valence-corrected chi connectivity index (χ2v) is 4.35. The fourth-order valence-electron chi connectivity index (χ4n) is 1.96. The number of hydrogen-bond donors (Lipinski definition) is 2. The molecule has 0 radical (unpaired) electrons. The van der Waals surface area contributed by atoms with Crippen molar-refractivity contribution in [2.24, 2.45) is 0 Å². The average Bonchev–Trinajstić information content (AvgIpc) is 2.52. The normalized spacial score (nSPS) is 18.3. The lowest BCUT2D eigenvalue weighted by Gasteiger charge is -2.32. The number of aliphatic hydroxyl groups excluding tert-OH is 2. The van der Waals surface area contributed by atoms with Crippen LogP contribution in [0, 0.1) is 11.8 Å². The molecule has 1 atom stereocenters. The minimum atomic E-state index is -0.335. The van der Waals surface area contributed by atoms with Crippen LogP contribution < -0.4 is 0 Å². The summed E-state index contributed by atoms with van der Waals surface area (Å²) in [4.78, 5) is 17.9. The van der Waals surface area contributed by atoms with Gasteiger partial charge in [0.2, 0.25) is 0 Å². The van der Waals surface area contributed by atoms with Crippen LogP contribution in [0.3, 0.4) is 0 Å². The number of pyridine rings is 1.